The van der Waals surface area contributed by atoms with Gasteiger partial charge in [-0.2, -0.15) is 0 Å². The van der Waals surface area contributed by atoms with Crippen molar-refractivity contribution in [3.63, 3.8) is 0 Å². The molecule has 2 aliphatic rings. The normalized spacial score (nSPS) is 27.6. The first-order valence-electron chi connectivity index (χ1n) is 7.02. The lowest BCUT2D eigenvalue weighted by molar-refractivity contribution is -0.149. The summed E-state index contributed by atoms with van der Waals surface area (Å²) in [5.74, 6) is 0.486. The Hall–Kier alpha value is 0.540. The maximum atomic E-state index is 6.54. The summed E-state index contributed by atoms with van der Waals surface area (Å²) in [4.78, 5) is 0. The van der Waals surface area contributed by atoms with E-state index in [-0.39, 0.29) is 11.6 Å². The van der Waals surface area contributed by atoms with Crippen LogP contribution in [0.2, 0.25) is 0 Å². The molecule has 6 heteroatoms. The Morgan fingerprint density at radius 1 is 1.30 bits per heavy atom. The Morgan fingerprint density at radius 3 is 2.70 bits per heavy atom. The lowest BCUT2D eigenvalue weighted by Crippen LogP contribution is -2.46. The number of ether oxygens (including phenoxy) is 2. The first-order valence-corrected chi connectivity index (χ1v) is 9.42. The van der Waals surface area contributed by atoms with Crippen LogP contribution >= 0.6 is 43.2 Å². The molecule has 0 saturated carbocycles. The monoisotopic (exact) mass is 423 g/mol. The fourth-order valence-corrected chi connectivity index (χ4v) is 6.25. The molecule has 2 unspecified atom stereocenters. The van der Waals surface area contributed by atoms with E-state index in [1.165, 1.54) is 5.56 Å². The minimum Gasteiger partial charge on any atom is -0.381 e. The fraction of sp³-hybridized carbons (Fsp3) is 0.714. The quantitative estimate of drug-likeness (QED) is 0.771. The summed E-state index contributed by atoms with van der Waals surface area (Å²) >= 11 is 8.86. The van der Waals surface area contributed by atoms with Gasteiger partial charge in [-0.1, -0.05) is 0 Å². The standard InChI is InChI=1S/C14H19Br2NO2S/c15-11-7-10(13(16)20-11)12(17)9-1-4-19-14(8-9)2-5-18-6-3-14/h7,9,12H,1-6,8,17H2. The Labute approximate surface area is 140 Å². The molecule has 20 heavy (non-hydrogen) atoms. The number of hydrogen-bond acceptors (Lipinski definition) is 4. The van der Waals surface area contributed by atoms with Crippen LogP contribution in [0.25, 0.3) is 0 Å². The van der Waals surface area contributed by atoms with Gasteiger partial charge in [0.25, 0.3) is 0 Å². The van der Waals surface area contributed by atoms with E-state index >= 15 is 0 Å². The molecule has 2 saturated heterocycles. The summed E-state index contributed by atoms with van der Waals surface area (Å²) in [5, 5.41) is 0. The lowest BCUT2D eigenvalue weighted by Gasteiger charge is -2.44. The highest BCUT2D eigenvalue weighted by atomic mass is 79.9. The van der Waals surface area contributed by atoms with E-state index in [0.29, 0.717) is 5.92 Å². The summed E-state index contributed by atoms with van der Waals surface area (Å²) in [7, 11) is 0. The van der Waals surface area contributed by atoms with Gasteiger partial charge in [0, 0.05) is 25.9 Å². The van der Waals surface area contributed by atoms with Crippen molar-refractivity contribution in [2.75, 3.05) is 19.8 Å². The first-order chi connectivity index (χ1) is 9.60. The molecular weight excluding hydrogens is 406 g/mol. The van der Waals surface area contributed by atoms with Crippen LogP contribution in [0.1, 0.15) is 37.3 Å². The number of halogens is 2. The Morgan fingerprint density at radius 2 is 2.05 bits per heavy atom. The molecule has 0 aromatic carbocycles. The average Bonchev–Trinajstić information content (AvgIpc) is 2.78. The van der Waals surface area contributed by atoms with Crippen molar-refractivity contribution < 1.29 is 9.47 Å². The zero-order valence-corrected chi connectivity index (χ0v) is 15.2. The van der Waals surface area contributed by atoms with Gasteiger partial charge in [-0.15, -0.1) is 11.3 Å². The van der Waals surface area contributed by atoms with E-state index in [4.69, 9.17) is 15.2 Å². The third-order valence-corrected chi connectivity index (χ3v) is 6.87. The summed E-state index contributed by atoms with van der Waals surface area (Å²) in [6.07, 6.45) is 4.11. The molecule has 2 aliphatic heterocycles. The van der Waals surface area contributed by atoms with Crippen LogP contribution in [0, 0.1) is 5.92 Å². The zero-order valence-electron chi connectivity index (χ0n) is 11.2. The van der Waals surface area contributed by atoms with Gasteiger partial charge in [0.1, 0.15) is 0 Å². The molecule has 3 heterocycles. The molecule has 1 spiro atoms. The van der Waals surface area contributed by atoms with Gasteiger partial charge in [0.15, 0.2) is 0 Å². The maximum Gasteiger partial charge on any atom is 0.0758 e. The molecule has 0 radical (unpaired) electrons. The van der Waals surface area contributed by atoms with Crippen LogP contribution < -0.4 is 5.73 Å². The first kappa shape index (κ1) is 15.4. The summed E-state index contributed by atoms with van der Waals surface area (Å²) < 4.78 is 13.9. The van der Waals surface area contributed by atoms with Crippen molar-refractivity contribution in [2.24, 2.45) is 11.7 Å². The number of rotatable bonds is 2. The van der Waals surface area contributed by atoms with Gasteiger partial charge >= 0.3 is 0 Å². The van der Waals surface area contributed by atoms with E-state index in [9.17, 15) is 0 Å². The molecule has 112 valence electrons. The Bertz CT molecular complexity index is 468. The van der Waals surface area contributed by atoms with Crippen molar-refractivity contribution >= 4 is 43.2 Å². The summed E-state index contributed by atoms with van der Waals surface area (Å²) in [5.41, 5.74) is 7.77. The SMILES string of the molecule is NC(c1cc(Br)sc1Br)C1CCOC2(CCOCC2)C1. The second-order valence-corrected chi connectivity index (χ2v) is 9.45. The largest absolute Gasteiger partial charge is 0.381 e. The van der Waals surface area contributed by atoms with E-state index in [1.807, 2.05) is 0 Å². The van der Waals surface area contributed by atoms with Crippen LogP contribution in [0.4, 0.5) is 0 Å². The highest BCUT2D eigenvalue weighted by Crippen LogP contribution is 2.44. The van der Waals surface area contributed by atoms with E-state index in [1.54, 1.807) is 11.3 Å². The van der Waals surface area contributed by atoms with Crippen LogP contribution in [-0.2, 0) is 9.47 Å². The second kappa shape index (κ2) is 6.34. The number of hydrogen-bond donors (Lipinski definition) is 1. The molecular formula is C14H19Br2NO2S. The van der Waals surface area contributed by atoms with Gasteiger partial charge in [-0.3, -0.25) is 0 Å². The number of nitrogens with two attached hydrogens (primary N) is 1. The highest BCUT2D eigenvalue weighted by Gasteiger charge is 2.41. The molecule has 2 N–H and O–H groups in total. The fourth-order valence-electron chi connectivity index (χ4n) is 3.30. The molecule has 2 atom stereocenters. The number of thiophene rings is 1. The smallest absolute Gasteiger partial charge is 0.0758 e. The lowest BCUT2D eigenvalue weighted by atomic mass is 9.77. The predicted octanol–water partition coefficient (Wildman–Crippen LogP) is 4.25. The van der Waals surface area contributed by atoms with Crippen LogP contribution in [0.15, 0.2) is 13.6 Å². The Kier molecular flexibility index (Phi) is 4.90. The Balaban J connectivity index is 1.74. The van der Waals surface area contributed by atoms with Gasteiger partial charge in [-0.25, -0.2) is 0 Å². The van der Waals surface area contributed by atoms with E-state index < -0.39 is 0 Å². The molecule has 0 amide bonds. The average molecular weight is 425 g/mol. The highest BCUT2D eigenvalue weighted by molar-refractivity contribution is 9.12. The predicted molar refractivity (Wildman–Crippen MR) is 88.1 cm³/mol. The minimum atomic E-state index is 0.0124. The summed E-state index contributed by atoms with van der Waals surface area (Å²) in [6.45, 7) is 2.45. The molecule has 1 aromatic heterocycles. The van der Waals surface area contributed by atoms with Crippen molar-refractivity contribution in [1.29, 1.82) is 0 Å². The maximum absolute atomic E-state index is 6.54. The van der Waals surface area contributed by atoms with Gasteiger partial charge in [0.2, 0.25) is 0 Å². The van der Waals surface area contributed by atoms with Crippen molar-refractivity contribution in [3.8, 4) is 0 Å². The summed E-state index contributed by atoms with van der Waals surface area (Å²) in [6, 6.07) is 2.22. The van der Waals surface area contributed by atoms with Crippen molar-refractivity contribution in [1.82, 2.24) is 0 Å². The van der Waals surface area contributed by atoms with Crippen LogP contribution in [0.5, 0.6) is 0 Å². The second-order valence-electron chi connectivity index (χ2n) is 5.70. The minimum absolute atomic E-state index is 0.0124. The van der Waals surface area contributed by atoms with Gasteiger partial charge < -0.3 is 15.2 Å². The molecule has 3 nitrogen and oxygen atoms in total. The molecule has 0 bridgehead atoms. The van der Waals surface area contributed by atoms with Crippen LogP contribution in [-0.4, -0.2) is 25.4 Å². The molecule has 0 aliphatic carbocycles. The van der Waals surface area contributed by atoms with Gasteiger partial charge in [-0.05, 0) is 75.1 Å². The third kappa shape index (κ3) is 3.15. The van der Waals surface area contributed by atoms with Crippen molar-refractivity contribution in [3.05, 3.63) is 19.2 Å². The third-order valence-electron chi connectivity index (χ3n) is 4.49. The van der Waals surface area contributed by atoms with E-state index in [0.717, 1.165) is 53.1 Å². The molecule has 3 rings (SSSR count). The van der Waals surface area contributed by atoms with Crippen molar-refractivity contribution in [2.45, 2.75) is 37.3 Å². The molecule has 2 fully saturated rings. The van der Waals surface area contributed by atoms with Gasteiger partial charge in [0.05, 0.1) is 13.2 Å². The molecule has 1 aromatic rings. The van der Waals surface area contributed by atoms with E-state index in [2.05, 4.69) is 37.9 Å². The van der Waals surface area contributed by atoms with Crippen LogP contribution in [0.3, 0.4) is 0 Å². The topological polar surface area (TPSA) is 44.5 Å². The zero-order chi connectivity index (χ0) is 14.2.